The molecule has 1 N–H and O–H groups in total. The first kappa shape index (κ1) is 15.1. The lowest BCUT2D eigenvalue weighted by atomic mass is 9.76. The molecule has 22 heavy (non-hydrogen) atoms. The zero-order chi connectivity index (χ0) is 15.9. The number of aryl methyl sites for hydroxylation is 2. The molecule has 1 fully saturated rings. The van der Waals surface area contributed by atoms with Crippen LogP contribution in [0.1, 0.15) is 58.9 Å². The van der Waals surface area contributed by atoms with Gasteiger partial charge < -0.3 is 4.90 Å². The monoisotopic (exact) mass is 320 g/mol. The normalized spacial score (nSPS) is 21.1. The SMILES string of the molecule is Cc1nc(C(=O)N2CCCC(C)(C)C2c2nn[nH]n2)sc1C. The van der Waals surface area contributed by atoms with Crippen molar-refractivity contribution in [3.8, 4) is 0 Å². The summed E-state index contributed by atoms with van der Waals surface area (Å²) in [5, 5.41) is 15.0. The molecule has 1 saturated heterocycles. The van der Waals surface area contributed by atoms with Crippen molar-refractivity contribution < 1.29 is 4.79 Å². The second-order valence-corrected chi connectivity index (χ2v) is 7.63. The number of hydrogen-bond donors (Lipinski definition) is 1. The highest BCUT2D eigenvalue weighted by Gasteiger charge is 2.44. The summed E-state index contributed by atoms with van der Waals surface area (Å²) in [5.41, 5.74) is 0.819. The van der Waals surface area contributed by atoms with Crippen LogP contribution in [0.15, 0.2) is 0 Å². The summed E-state index contributed by atoms with van der Waals surface area (Å²) in [7, 11) is 0. The average molecular weight is 320 g/mol. The van der Waals surface area contributed by atoms with Gasteiger partial charge in [0.05, 0.1) is 5.69 Å². The number of aromatic amines is 1. The van der Waals surface area contributed by atoms with Gasteiger partial charge >= 0.3 is 0 Å². The van der Waals surface area contributed by atoms with Crippen LogP contribution in [0.3, 0.4) is 0 Å². The summed E-state index contributed by atoms with van der Waals surface area (Å²) in [4.78, 5) is 20.3. The quantitative estimate of drug-likeness (QED) is 0.917. The van der Waals surface area contributed by atoms with Crippen molar-refractivity contribution in [3.63, 3.8) is 0 Å². The first-order valence-corrected chi connectivity index (χ1v) is 8.20. The van der Waals surface area contributed by atoms with Crippen molar-refractivity contribution in [2.45, 2.75) is 46.6 Å². The van der Waals surface area contributed by atoms with E-state index in [-0.39, 0.29) is 17.4 Å². The molecule has 2 aromatic heterocycles. The Balaban J connectivity index is 1.97. The van der Waals surface area contributed by atoms with Crippen LogP contribution >= 0.6 is 11.3 Å². The second-order valence-electron chi connectivity index (χ2n) is 6.42. The maximum atomic E-state index is 12.9. The largest absolute Gasteiger partial charge is 0.326 e. The molecule has 0 bridgehead atoms. The highest BCUT2D eigenvalue weighted by molar-refractivity contribution is 7.13. The highest BCUT2D eigenvalue weighted by Crippen LogP contribution is 2.44. The first-order chi connectivity index (χ1) is 10.4. The van der Waals surface area contributed by atoms with Gasteiger partial charge in [0.1, 0.15) is 6.04 Å². The molecular formula is C14H20N6OS. The van der Waals surface area contributed by atoms with E-state index in [1.807, 2.05) is 18.7 Å². The van der Waals surface area contributed by atoms with Gasteiger partial charge in [0.2, 0.25) is 0 Å². The zero-order valence-corrected chi connectivity index (χ0v) is 14.1. The number of thiazole rings is 1. The Hall–Kier alpha value is -1.83. The molecule has 1 aliphatic heterocycles. The molecule has 2 aromatic rings. The second kappa shape index (κ2) is 5.42. The molecule has 0 saturated carbocycles. The minimum atomic E-state index is -0.183. The van der Waals surface area contributed by atoms with E-state index in [2.05, 4.69) is 39.5 Å². The van der Waals surface area contributed by atoms with E-state index in [4.69, 9.17) is 0 Å². The molecule has 0 spiro atoms. The van der Waals surface area contributed by atoms with Gasteiger partial charge in [-0.3, -0.25) is 4.79 Å². The van der Waals surface area contributed by atoms with Gasteiger partial charge in [-0.1, -0.05) is 19.1 Å². The van der Waals surface area contributed by atoms with Gasteiger partial charge in [-0.25, -0.2) is 4.98 Å². The summed E-state index contributed by atoms with van der Waals surface area (Å²) in [6, 6.07) is -0.183. The van der Waals surface area contributed by atoms with Crippen LogP contribution in [0.25, 0.3) is 0 Å². The van der Waals surface area contributed by atoms with E-state index in [1.165, 1.54) is 11.3 Å². The van der Waals surface area contributed by atoms with Crippen molar-refractivity contribution in [1.29, 1.82) is 0 Å². The highest BCUT2D eigenvalue weighted by atomic mass is 32.1. The third-order valence-corrected chi connectivity index (χ3v) is 5.41. The van der Waals surface area contributed by atoms with E-state index >= 15 is 0 Å². The van der Waals surface area contributed by atoms with Crippen LogP contribution in [0.4, 0.5) is 0 Å². The van der Waals surface area contributed by atoms with E-state index in [9.17, 15) is 4.79 Å². The molecule has 1 atom stereocenters. The van der Waals surface area contributed by atoms with E-state index in [0.29, 0.717) is 17.4 Å². The first-order valence-electron chi connectivity index (χ1n) is 7.38. The number of hydrogen-bond acceptors (Lipinski definition) is 6. The number of amides is 1. The molecule has 1 aliphatic rings. The minimum Gasteiger partial charge on any atom is -0.326 e. The Bertz CT molecular complexity index is 658. The summed E-state index contributed by atoms with van der Waals surface area (Å²) < 4.78 is 0. The van der Waals surface area contributed by atoms with Crippen LogP contribution < -0.4 is 0 Å². The Morgan fingerprint density at radius 1 is 1.41 bits per heavy atom. The molecule has 7 nitrogen and oxygen atoms in total. The number of piperidine rings is 1. The molecule has 0 radical (unpaired) electrons. The average Bonchev–Trinajstić information content (AvgIpc) is 3.08. The summed E-state index contributed by atoms with van der Waals surface area (Å²) in [6.07, 6.45) is 1.99. The smallest absolute Gasteiger partial charge is 0.283 e. The lowest BCUT2D eigenvalue weighted by Gasteiger charge is -2.44. The topological polar surface area (TPSA) is 87.7 Å². The number of aromatic nitrogens is 5. The van der Waals surface area contributed by atoms with Crippen LogP contribution in [0, 0.1) is 19.3 Å². The molecule has 8 heteroatoms. The fraction of sp³-hybridized carbons (Fsp3) is 0.643. The number of nitrogens with one attached hydrogen (secondary N) is 1. The van der Waals surface area contributed by atoms with Gasteiger partial charge in [0, 0.05) is 11.4 Å². The molecule has 1 amide bonds. The lowest BCUT2D eigenvalue weighted by molar-refractivity contribution is 0.0239. The third-order valence-electron chi connectivity index (χ3n) is 4.35. The number of H-pyrrole nitrogens is 1. The molecule has 0 aromatic carbocycles. The molecule has 0 aliphatic carbocycles. The van der Waals surface area contributed by atoms with Gasteiger partial charge in [-0.15, -0.1) is 21.5 Å². The van der Waals surface area contributed by atoms with Crippen LogP contribution in [-0.2, 0) is 0 Å². The van der Waals surface area contributed by atoms with Gasteiger partial charge in [0.25, 0.3) is 5.91 Å². The van der Waals surface area contributed by atoms with Gasteiger partial charge in [-0.05, 0) is 32.1 Å². The molecule has 118 valence electrons. The van der Waals surface area contributed by atoms with Crippen LogP contribution in [0.5, 0.6) is 0 Å². The third kappa shape index (κ3) is 2.51. The number of carbonyl (C=O) groups excluding carboxylic acids is 1. The number of likely N-dealkylation sites (tertiary alicyclic amines) is 1. The van der Waals surface area contributed by atoms with Crippen molar-refractivity contribution in [3.05, 3.63) is 21.4 Å². The lowest BCUT2D eigenvalue weighted by Crippen LogP contribution is -2.47. The minimum absolute atomic E-state index is 0.0382. The predicted octanol–water partition coefficient (Wildman–Crippen LogP) is 2.28. The summed E-state index contributed by atoms with van der Waals surface area (Å²) >= 11 is 1.45. The standard InChI is InChI=1S/C14H20N6OS/c1-8-9(2)22-12(15-8)13(21)20-7-5-6-14(3,4)10(20)11-16-18-19-17-11/h10H,5-7H2,1-4H3,(H,16,17,18,19). The van der Waals surface area contributed by atoms with E-state index in [0.717, 1.165) is 23.4 Å². The van der Waals surface area contributed by atoms with Crippen molar-refractivity contribution >= 4 is 17.2 Å². The predicted molar refractivity (Wildman–Crippen MR) is 82.6 cm³/mol. The van der Waals surface area contributed by atoms with E-state index < -0.39 is 0 Å². The molecular weight excluding hydrogens is 300 g/mol. The fourth-order valence-corrected chi connectivity index (χ4v) is 3.94. The van der Waals surface area contributed by atoms with Crippen molar-refractivity contribution in [2.75, 3.05) is 6.54 Å². The number of tetrazole rings is 1. The van der Waals surface area contributed by atoms with Crippen LogP contribution in [0.2, 0.25) is 0 Å². The number of rotatable bonds is 2. The molecule has 3 rings (SSSR count). The Labute approximate surface area is 133 Å². The number of nitrogens with zero attached hydrogens (tertiary/aromatic N) is 5. The van der Waals surface area contributed by atoms with Crippen molar-refractivity contribution in [2.24, 2.45) is 5.41 Å². The molecule has 1 unspecified atom stereocenters. The number of carbonyl (C=O) groups is 1. The van der Waals surface area contributed by atoms with Gasteiger partial charge in [-0.2, -0.15) is 5.21 Å². The summed E-state index contributed by atoms with van der Waals surface area (Å²) in [6.45, 7) is 8.90. The zero-order valence-electron chi connectivity index (χ0n) is 13.3. The van der Waals surface area contributed by atoms with E-state index in [1.54, 1.807) is 0 Å². The maximum absolute atomic E-state index is 12.9. The van der Waals surface area contributed by atoms with Gasteiger partial charge in [0.15, 0.2) is 10.8 Å². The fourth-order valence-electron chi connectivity index (χ4n) is 3.07. The Morgan fingerprint density at radius 2 is 2.18 bits per heavy atom. The summed E-state index contributed by atoms with van der Waals surface area (Å²) in [5.74, 6) is 0.534. The van der Waals surface area contributed by atoms with Crippen LogP contribution in [-0.4, -0.2) is 43.0 Å². The molecule has 3 heterocycles. The Kier molecular flexibility index (Phi) is 3.72. The van der Waals surface area contributed by atoms with Crippen molar-refractivity contribution in [1.82, 2.24) is 30.5 Å². The maximum Gasteiger partial charge on any atom is 0.283 e. The Morgan fingerprint density at radius 3 is 2.77 bits per heavy atom.